The Bertz CT molecular complexity index is 986. The molecule has 29 heavy (non-hydrogen) atoms. The molecule has 4 heterocycles. The van der Waals surface area contributed by atoms with Gasteiger partial charge in [0.05, 0.1) is 17.3 Å². The second-order valence-electron chi connectivity index (χ2n) is 7.97. The molecular formula is C21H28N6O2. The first-order valence-corrected chi connectivity index (χ1v) is 10.2. The van der Waals surface area contributed by atoms with Crippen molar-refractivity contribution in [3.63, 3.8) is 0 Å². The monoisotopic (exact) mass is 396 g/mol. The number of likely N-dealkylation sites (tertiary alicyclic amines) is 1. The van der Waals surface area contributed by atoms with E-state index in [2.05, 4.69) is 17.3 Å². The molecule has 1 fully saturated rings. The Labute approximate surface area is 170 Å². The van der Waals surface area contributed by atoms with E-state index in [4.69, 9.17) is 9.97 Å². The molecule has 0 aliphatic carbocycles. The van der Waals surface area contributed by atoms with Crippen LogP contribution < -0.4 is 10.9 Å². The van der Waals surface area contributed by atoms with Crippen molar-refractivity contribution < 1.29 is 4.79 Å². The van der Waals surface area contributed by atoms with Crippen molar-refractivity contribution in [3.05, 3.63) is 51.3 Å². The number of carbonyl (C=O) groups excluding carboxylic acids is 1. The van der Waals surface area contributed by atoms with E-state index in [1.54, 1.807) is 19.3 Å². The third kappa shape index (κ3) is 3.76. The minimum Gasteiger partial charge on any atom is -0.373 e. The summed E-state index contributed by atoms with van der Waals surface area (Å²) in [6.45, 7) is 2.45. The summed E-state index contributed by atoms with van der Waals surface area (Å²) >= 11 is 0. The number of nitrogens with one attached hydrogen (secondary N) is 1. The van der Waals surface area contributed by atoms with Crippen LogP contribution in [0.2, 0.25) is 0 Å². The first kappa shape index (κ1) is 19.6. The number of rotatable bonds is 3. The summed E-state index contributed by atoms with van der Waals surface area (Å²) in [5, 5.41) is 3.23. The van der Waals surface area contributed by atoms with Gasteiger partial charge in [0.15, 0.2) is 5.82 Å². The smallest absolute Gasteiger partial charge is 0.255 e. The van der Waals surface area contributed by atoms with Crippen LogP contribution in [0.5, 0.6) is 0 Å². The number of carbonyl (C=O) groups is 1. The molecule has 2 aliphatic rings. The number of pyridine rings is 1. The second kappa shape index (κ2) is 7.94. The zero-order valence-electron chi connectivity index (χ0n) is 17.3. The Kier molecular flexibility index (Phi) is 5.36. The van der Waals surface area contributed by atoms with Gasteiger partial charge in [0.1, 0.15) is 5.82 Å². The first-order chi connectivity index (χ1) is 14.0. The lowest BCUT2D eigenvalue weighted by molar-refractivity contribution is 0.0598. The summed E-state index contributed by atoms with van der Waals surface area (Å²) in [5.41, 5.74) is 2.62. The molecule has 1 saturated heterocycles. The molecule has 1 amide bonds. The van der Waals surface area contributed by atoms with Crippen molar-refractivity contribution in [1.82, 2.24) is 24.3 Å². The summed E-state index contributed by atoms with van der Waals surface area (Å²) < 4.78 is 1.44. The van der Waals surface area contributed by atoms with Crippen LogP contribution in [0, 0.1) is 0 Å². The van der Waals surface area contributed by atoms with Gasteiger partial charge in [-0.1, -0.05) is 0 Å². The third-order valence-corrected chi connectivity index (χ3v) is 5.90. The van der Waals surface area contributed by atoms with Gasteiger partial charge in [0.25, 0.3) is 5.91 Å². The lowest BCUT2D eigenvalue weighted by Gasteiger charge is -2.36. The lowest BCUT2D eigenvalue weighted by atomic mass is 9.99. The summed E-state index contributed by atoms with van der Waals surface area (Å²) in [6, 6.07) is 2.90. The van der Waals surface area contributed by atoms with Crippen molar-refractivity contribution in [3.8, 4) is 0 Å². The molecule has 0 radical (unpaired) electrons. The van der Waals surface area contributed by atoms with Crippen LogP contribution in [0.15, 0.2) is 23.1 Å². The Morgan fingerprint density at radius 1 is 1.17 bits per heavy atom. The fourth-order valence-electron chi connectivity index (χ4n) is 4.27. The van der Waals surface area contributed by atoms with Crippen LogP contribution in [-0.4, -0.2) is 57.4 Å². The standard InChI is InChI=1S/C21H28N6O2/c1-22-19-15-9-11-25(2)13-16(15)23-20(24-19)17-6-4-5-10-27(17)21(29)14-7-8-18(28)26(3)12-14/h7-8,12,17H,4-6,9-11,13H2,1-3H3,(H,22,23,24). The van der Waals surface area contributed by atoms with Crippen LogP contribution in [-0.2, 0) is 20.0 Å². The van der Waals surface area contributed by atoms with Crippen LogP contribution in [0.1, 0.15) is 52.7 Å². The number of nitrogens with zero attached hydrogens (tertiary/aromatic N) is 5. The molecule has 2 aliphatic heterocycles. The Morgan fingerprint density at radius 2 is 2.00 bits per heavy atom. The molecule has 0 spiro atoms. The Balaban J connectivity index is 1.70. The highest BCUT2D eigenvalue weighted by atomic mass is 16.2. The normalized spacial score (nSPS) is 19.7. The van der Waals surface area contributed by atoms with Gasteiger partial charge in [0.2, 0.25) is 5.56 Å². The number of hydrogen-bond acceptors (Lipinski definition) is 6. The van der Waals surface area contributed by atoms with E-state index in [-0.39, 0.29) is 17.5 Å². The minimum absolute atomic E-state index is 0.0743. The number of aromatic nitrogens is 3. The van der Waals surface area contributed by atoms with Crippen molar-refractivity contribution >= 4 is 11.7 Å². The zero-order chi connectivity index (χ0) is 20.5. The van der Waals surface area contributed by atoms with Crippen molar-refractivity contribution in [2.24, 2.45) is 7.05 Å². The number of hydrogen-bond donors (Lipinski definition) is 1. The Hall–Kier alpha value is -2.74. The van der Waals surface area contributed by atoms with E-state index in [9.17, 15) is 9.59 Å². The van der Waals surface area contributed by atoms with Gasteiger partial charge in [-0.15, -0.1) is 0 Å². The number of fused-ring (bicyclic) bond motifs is 1. The topological polar surface area (TPSA) is 83.4 Å². The van der Waals surface area contributed by atoms with Crippen molar-refractivity contribution in [2.45, 2.75) is 38.3 Å². The molecular weight excluding hydrogens is 368 g/mol. The third-order valence-electron chi connectivity index (χ3n) is 5.90. The fraction of sp³-hybridized carbons (Fsp3) is 0.524. The molecule has 1 N–H and O–H groups in total. The second-order valence-corrected chi connectivity index (χ2v) is 7.97. The van der Waals surface area contributed by atoms with Crippen LogP contribution in [0.3, 0.4) is 0 Å². The summed E-state index contributed by atoms with van der Waals surface area (Å²) in [6.07, 6.45) is 5.37. The molecule has 8 nitrogen and oxygen atoms in total. The average molecular weight is 396 g/mol. The highest BCUT2D eigenvalue weighted by Crippen LogP contribution is 2.33. The predicted octanol–water partition coefficient (Wildman–Crippen LogP) is 1.57. The highest BCUT2D eigenvalue weighted by Gasteiger charge is 2.32. The number of likely N-dealkylation sites (N-methyl/N-ethyl adjacent to an activating group) is 1. The molecule has 0 aromatic carbocycles. The minimum atomic E-state index is -0.155. The van der Waals surface area contributed by atoms with E-state index in [1.807, 2.05) is 11.9 Å². The molecule has 0 bridgehead atoms. The van der Waals surface area contributed by atoms with Gasteiger partial charge < -0.3 is 19.7 Å². The lowest BCUT2D eigenvalue weighted by Crippen LogP contribution is -2.40. The van der Waals surface area contributed by atoms with Gasteiger partial charge >= 0.3 is 0 Å². The summed E-state index contributed by atoms with van der Waals surface area (Å²) in [5.74, 6) is 1.51. The van der Waals surface area contributed by atoms with E-state index >= 15 is 0 Å². The average Bonchev–Trinajstić information content (AvgIpc) is 2.74. The number of amides is 1. The first-order valence-electron chi connectivity index (χ1n) is 10.2. The van der Waals surface area contributed by atoms with Crippen LogP contribution in [0.4, 0.5) is 5.82 Å². The Morgan fingerprint density at radius 3 is 2.76 bits per heavy atom. The maximum atomic E-state index is 13.3. The maximum absolute atomic E-state index is 13.3. The van der Waals surface area contributed by atoms with Crippen molar-refractivity contribution in [1.29, 1.82) is 0 Å². The largest absolute Gasteiger partial charge is 0.373 e. The van der Waals surface area contributed by atoms with E-state index in [1.165, 1.54) is 16.2 Å². The predicted molar refractivity (Wildman–Crippen MR) is 111 cm³/mol. The molecule has 2 aromatic heterocycles. The molecule has 1 unspecified atom stereocenters. The molecule has 4 rings (SSSR count). The number of aryl methyl sites for hydroxylation is 1. The highest BCUT2D eigenvalue weighted by molar-refractivity contribution is 5.94. The van der Waals surface area contributed by atoms with Gasteiger partial charge in [-0.25, -0.2) is 9.97 Å². The van der Waals surface area contributed by atoms with E-state index < -0.39 is 0 Å². The number of piperidine rings is 1. The van der Waals surface area contributed by atoms with Gasteiger partial charge in [0, 0.05) is 51.6 Å². The fourth-order valence-corrected chi connectivity index (χ4v) is 4.27. The molecule has 8 heteroatoms. The zero-order valence-corrected chi connectivity index (χ0v) is 17.3. The van der Waals surface area contributed by atoms with E-state index in [0.29, 0.717) is 17.9 Å². The maximum Gasteiger partial charge on any atom is 0.255 e. The van der Waals surface area contributed by atoms with Gasteiger partial charge in [-0.3, -0.25) is 9.59 Å². The quantitative estimate of drug-likeness (QED) is 0.848. The summed E-state index contributed by atoms with van der Waals surface area (Å²) in [4.78, 5) is 38.8. The van der Waals surface area contributed by atoms with Crippen molar-refractivity contribution in [2.75, 3.05) is 32.5 Å². The van der Waals surface area contributed by atoms with Crippen LogP contribution in [0.25, 0.3) is 0 Å². The SMILES string of the molecule is CNc1nc(C2CCCCN2C(=O)c2ccc(=O)n(C)c2)nc2c1CCN(C)C2. The summed E-state index contributed by atoms with van der Waals surface area (Å²) in [7, 11) is 5.65. The molecule has 1 atom stereocenters. The van der Waals surface area contributed by atoms with Gasteiger partial charge in [-0.05, 0) is 38.8 Å². The molecule has 154 valence electrons. The van der Waals surface area contributed by atoms with E-state index in [0.717, 1.165) is 50.3 Å². The number of anilines is 1. The van der Waals surface area contributed by atoms with Crippen LogP contribution >= 0.6 is 0 Å². The van der Waals surface area contributed by atoms with Gasteiger partial charge in [-0.2, -0.15) is 0 Å². The molecule has 2 aromatic rings. The molecule has 0 saturated carbocycles.